The molecule has 32 heavy (non-hydrogen) atoms. The maximum absolute atomic E-state index is 13.3. The fraction of sp³-hybridized carbons (Fsp3) is 0.417. The molecule has 0 radical (unpaired) electrons. The van der Waals surface area contributed by atoms with Crippen LogP contribution in [0.15, 0.2) is 42.5 Å². The lowest BCUT2D eigenvalue weighted by Gasteiger charge is -2.38. The minimum atomic E-state index is -0.802. The van der Waals surface area contributed by atoms with E-state index in [1.165, 1.54) is 29.4 Å². The second-order valence-electron chi connectivity index (χ2n) is 8.59. The number of halogens is 1. The van der Waals surface area contributed by atoms with Crippen molar-refractivity contribution < 1.29 is 14.0 Å². The van der Waals surface area contributed by atoms with E-state index in [2.05, 4.69) is 57.6 Å². The van der Waals surface area contributed by atoms with E-state index >= 15 is 0 Å². The van der Waals surface area contributed by atoms with Gasteiger partial charge >= 0.3 is 11.8 Å². The molecule has 1 atom stereocenters. The summed E-state index contributed by atoms with van der Waals surface area (Å²) in [6.45, 7) is 5.03. The van der Waals surface area contributed by atoms with Crippen molar-refractivity contribution in [3.8, 4) is 0 Å². The summed E-state index contributed by atoms with van der Waals surface area (Å²) >= 11 is 0. The molecule has 0 saturated carbocycles. The Labute approximate surface area is 188 Å². The van der Waals surface area contributed by atoms with Gasteiger partial charge in [-0.3, -0.25) is 14.5 Å². The molecule has 170 valence electrons. The van der Waals surface area contributed by atoms with Crippen molar-refractivity contribution in [2.75, 3.05) is 63.6 Å². The van der Waals surface area contributed by atoms with E-state index in [0.717, 1.165) is 44.7 Å². The average Bonchev–Trinajstić information content (AvgIpc) is 3.15. The Kier molecular flexibility index (Phi) is 6.72. The number of hydrogen-bond acceptors (Lipinski definition) is 5. The molecule has 8 heteroatoms. The third-order valence-electron chi connectivity index (χ3n) is 6.34. The highest BCUT2D eigenvalue weighted by Gasteiger charge is 2.27. The van der Waals surface area contributed by atoms with Gasteiger partial charge in [-0.2, -0.15) is 0 Å². The van der Waals surface area contributed by atoms with Crippen LogP contribution in [0.25, 0.3) is 0 Å². The van der Waals surface area contributed by atoms with E-state index in [-0.39, 0.29) is 11.7 Å². The summed E-state index contributed by atoms with van der Waals surface area (Å²) in [6.07, 6.45) is 1.01. The number of hydrogen-bond donors (Lipinski definition) is 2. The van der Waals surface area contributed by atoms with E-state index in [1.807, 2.05) is 0 Å². The number of piperazine rings is 1. The van der Waals surface area contributed by atoms with Crippen LogP contribution in [0.4, 0.5) is 15.8 Å². The highest BCUT2D eigenvalue weighted by atomic mass is 19.1. The molecule has 0 bridgehead atoms. The zero-order chi connectivity index (χ0) is 22.7. The number of fused-ring (bicyclic) bond motifs is 1. The van der Waals surface area contributed by atoms with Crippen molar-refractivity contribution in [2.24, 2.45) is 0 Å². The summed E-state index contributed by atoms with van der Waals surface area (Å²) in [5, 5.41) is 5.24. The Morgan fingerprint density at radius 3 is 2.53 bits per heavy atom. The number of likely N-dealkylation sites (N-methyl/N-ethyl adjacent to an activating group) is 2. The smallest absolute Gasteiger partial charge is 0.313 e. The van der Waals surface area contributed by atoms with Crippen LogP contribution in [0, 0.1) is 5.82 Å². The molecule has 1 saturated heterocycles. The first kappa shape index (κ1) is 22.2. The summed E-state index contributed by atoms with van der Waals surface area (Å²) in [7, 11) is 4.21. The van der Waals surface area contributed by atoms with Gasteiger partial charge in [-0.05, 0) is 48.9 Å². The minimum Gasteiger partial charge on any atom is -0.374 e. The van der Waals surface area contributed by atoms with Gasteiger partial charge in [-0.1, -0.05) is 18.2 Å². The molecule has 2 N–H and O–H groups in total. The largest absolute Gasteiger partial charge is 0.374 e. The number of carbonyl (C=O) groups is 2. The predicted octanol–water partition coefficient (Wildman–Crippen LogP) is 1.86. The Bertz CT molecular complexity index is 990. The Balaban J connectivity index is 1.46. The van der Waals surface area contributed by atoms with Crippen molar-refractivity contribution in [1.82, 2.24) is 15.1 Å². The highest BCUT2D eigenvalue weighted by molar-refractivity contribution is 6.39. The normalized spacial score (nSPS) is 17.7. The van der Waals surface area contributed by atoms with E-state index in [0.29, 0.717) is 6.54 Å². The molecule has 2 aliphatic heterocycles. The highest BCUT2D eigenvalue weighted by Crippen LogP contribution is 2.31. The Morgan fingerprint density at radius 1 is 1.00 bits per heavy atom. The zero-order valence-corrected chi connectivity index (χ0v) is 18.6. The molecule has 7 nitrogen and oxygen atoms in total. The van der Waals surface area contributed by atoms with Gasteiger partial charge in [0.1, 0.15) is 5.82 Å². The first-order chi connectivity index (χ1) is 15.4. The number of benzene rings is 2. The molecule has 2 aromatic rings. The molecule has 2 heterocycles. The van der Waals surface area contributed by atoms with Crippen molar-refractivity contribution in [2.45, 2.75) is 12.5 Å². The summed E-state index contributed by atoms with van der Waals surface area (Å²) < 4.78 is 13.3. The Morgan fingerprint density at radius 2 is 1.78 bits per heavy atom. The van der Waals surface area contributed by atoms with Crippen LogP contribution in [-0.2, 0) is 16.0 Å². The topological polar surface area (TPSA) is 67.9 Å². The van der Waals surface area contributed by atoms with Gasteiger partial charge in [0.25, 0.3) is 0 Å². The van der Waals surface area contributed by atoms with Gasteiger partial charge in [0.05, 0.1) is 6.04 Å². The van der Waals surface area contributed by atoms with Crippen LogP contribution in [0.1, 0.15) is 17.2 Å². The lowest BCUT2D eigenvalue weighted by molar-refractivity contribution is -0.136. The monoisotopic (exact) mass is 439 g/mol. The number of nitrogens with one attached hydrogen (secondary N) is 2. The fourth-order valence-electron chi connectivity index (χ4n) is 4.41. The SMILES string of the molecule is CN1CCN([C@H](CNC(=O)C(=O)Nc2cccc(F)c2)c2ccc3c(c2)CCN3C)CC1. The number of nitrogens with zero attached hydrogens (tertiary/aromatic N) is 3. The van der Waals surface area contributed by atoms with Crippen LogP contribution in [0.3, 0.4) is 0 Å². The molecule has 2 aromatic carbocycles. The molecule has 0 aromatic heterocycles. The predicted molar refractivity (Wildman–Crippen MR) is 123 cm³/mol. The summed E-state index contributed by atoms with van der Waals surface area (Å²) in [4.78, 5) is 31.7. The molecular weight excluding hydrogens is 409 g/mol. The molecule has 2 aliphatic rings. The second kappa shape index (κ2) is 9.67. The third-order valence-corrected chi connectivity index (χ3v) is 6.34. The Hall–Kier alpha value is -2.97. The number of rotatable bonds is 5. The van der Waals surface area contributed by atoms with Gasteiger partial charge in [0.15, 0.2) is 0 Å². The zero-order valence-electron chi connectivity index (χ0n) is 18.6. The summed E-state index contributed by atoms with van der Waals surface area (Å²) in [6, 6.07) is 12.0. The molecular formula is C24H30FN5O2. The average molecular weight is 440 g/mol. The van der Waals surface area contributed by atoms with E-state index < -0.39 is 17.6 Å². The fourth-order valence-corrected chi connectivity index (χ4v) is 4.41. The lowest BCUT2D eigenvalue weighted by atomic mass is 10.00. The molecule has 4 rings (SSSR count). The first-order valence-corrected chi connectivity index (χ1v) is 11.0. The van der Waals surface area contributed by atoms with Crippen LogP contribution in [-0.4, -0.2) is 75.0 Å². The van der Waals surface area contributed by atoms with Gasteiger partial charge < -0.3 is 20.4 Å². The minimum absolute atomic E-state index is 0.0224. The van der Waals surface area contributed by atoms with Gasteiger partial charge in [0, 0.05) is 57.7 Å². The van der Waals surface area contributed by atoms with Crippen molar-refractivity contribution >= 4 is 23.2 Å². The van der Waals surface area contributed by atoms with Crippen LogP contribution in [0.2, 0.25) is 0 Å². The third kappa shape index (κ3) is 5.08. The number of carbonyl (C=O) groups excluding carboxylic acids is 2. The number of anilines is 2. The second-order valence-corrected chi connectivity index (χ2v) is 8.59. The van der Waals surface area contributed by atoms with Gasteiger partial charge in [0.2, 0.25) is 0 Å². The van der Waals surface area contributed by atoms with Crippen LogP contribution in [0.5, 0.6) is 0 Å². The van der Waals surface area contributed by atoms with Gasteiger partial charge in [-0.15, -0.1) is 0 Å². The van der Waals surface area contributed by atoms with Crippen molar-refractivity contribution in [3.05, 3.63) is 59.4 Å². The summed E-state index contributed by atoms with van der Waals surface area (Å²) in [5.41, 5.74) is 3.97. The maximum Gasteiger partial charge on any atom is 0.313 e. The standard InChI is InChI=1S/C24H30FN5O2/c1-28-10-12-30(13-11-28)22(17-6-7-21-18(14-17)8-9-29(21)2)16-26-23(31)24(32)27-20-5-3-4-19(25)15-20/h3-7,14-15,22H,8-13,16H2,1-2H3,(H,26,31)(H,27,32)/t22-/m1/s1. The quantitative estimate of drug-likeness (QED) is 0.697. The lowest BCUT2D eigenvalue weighted by Crippen LogP contribution is -2.49. The maximum atomic E-state index is 13.3. The molecule has 0 aliphatic carbocycles. The molecule has 0 spiro atoms. The van der Waals surface area contributed by atoms with E-state index in [1.54, 1.807) is 6.07 Å². The van der Waals surface area contributed by atoms with E-state index in [4.69, 9.17) is 0 Å². The molecule has 2 amide bonds. The van der Waals surface area contributed by atoms with Crippen LogP contribution >= 0.6 is 0 Å². The van der Waals surface area contributed by atoms with Crippen molar-refractivity contribution in [1.29, 1.82) is 0 Å². The van der Waals surface area contributed by atoms with Crippen molar-refractivity contribution in [3.63, 3.8) is 0 Å². The summed E-state index contributed by atoms with van der Waals surface area (Å²) in [5.74, 6) is -2.00. The van der Waals surface area contributed by atoms with Gasteiger partial charge in [-0.25, -0.2) is 4.39 Å². The first-order valence-electron chi connectivity index (χ1n) is 11.0. The number of amides is 2. The molecule has 1 fully saturated rings. The molecule has 0 unspecified atom stereocenters. The van der Waals surface area contributed by atoms with Crippen LogP contribution < -0.4 is 15.5 Å². The van der Waals surface area contributed by atoms with E-state index in [9.17, 15) is 14.0 Å².